The number of nitrogens with two attached hydrogens (primary N) is 1. The third kappa shape index (κ3) is 2.00. The molecule has 2 N–H and O–H groups in total. The Labute approximate surface area is 84.6 Å². The lowest BCUT2D eigenvalue weighted by molar-refractivity contribution is 0.151. The molecule has 0 radical (unpaired) electrons. The van der Waals surface area contributed by atoms with E-state index < -0.39 is 12.0 Å². The van der Waals surface area contributed by atoms with Crippen molar-refractivity contribution < 1.29 is 8.78 Å². The maximum absolute atomic E-state index is 12.4. The molecule has 0 unspecified atom stereocenters. The van der Waals surface area contributed by atoms with Gasteiger partial charge in [-0.15, -0.1) is 0 Å². The van der Waals surface area contributed by atoms with Crippen molar-refractivity contribution in [1.29, 1.82) is 10.5 Å². The third-order valence-electron chi connectivity index (χ3n) is 1.85. The van der Waals surface area contributed by atoms with E-state index in [0.29, 0.717) is 0 Å². The van der Waals surface area contributed by atoms with E-state index in [9.17, 15) is 8.78 Å². The highest BCUT2D eigenvalue weighted by molar-refractivity contribution is 5.58. The minimum absolute atomic E-state index is 0.0674. The van der Waals surface area contributed by atoms with Crippen LogP contribution in [0.5, 0.6) is 0 Å². The van der Waals surface area contributed by atoms with Gasteiger partial charge in [-0.1, -0.05) is 0 Å². The van der Waals surface area contributed by atoms with Gasteiger partial charge in [-0.2, -0.15) is 10.5 Å². The zero-order valence-corrected chi connectivity index (χ0v) is 7.54. The third-order valence-corrected chi connectivity index (χ3v) is 1.85. The van der Waals surface area contributed by atoms with Crippen LogP contribution in [0.2, 0.25) is 0 Å². The zero-order valence-electron chi connectivity index (χ0n) is 7.54. The molecule has 0 amide bonds. The van der Waals surface area contributed by atoms with Crippen LogP contribution in [0, 0.1) is 22.7 Å². The van der Waals surface area contributed by atoms with Crippen LogP contribution in [0.1, 0.15) is 23.2 Å². The molecular weight excluding hydrogens is 202 g/mol. The van der Waals surface area contributed by atoms with Gasteiger partial charge in [0.25, 0.3) is 6.43 Å². The van der Waals surface area contributed by atoms with Gasteiger partial charge in [-0.05, 0) is 0 Å². The van der Waals surface area contributed by atoms with Gasteiger partial charge >= 0.3 is 0 Å². The van der Waals surface area contributed by atoms with Gasteiger partial charge in [-0.25, -0.2) is 13.8 Å². The number of nitrogen functional groups attached to an aromatic ring is 1. The highest BCUT2D eigenvalue weighted by atomic mass is 19.3. The Bertz CT molecular complexity index is 456. The summed E-state index contributed by atoms with van der Waals surface area (Å²) in [6.07, 6.45) is -2.11. The van der Waals surface area contributed by atoms with Gasteiger partial charge in [0.05, 0.1) is 18.1 Å². The van der Waals surface area contributed by atoms with Crippen molar-refractivity contribution in [2.75, 3.05) is 5.73 Å². The predicted molar refractivity (Wildman–Crippen MR) is 47.6 cm³/mol. The molecule has 0 saturated heterocycles. The van der Waals surface area contributed by atoms with Gasteiger partial charge < -0.3 is 5.73 Å². The van der Waals surface area contributed by atoms with Gasteiger partial charge in [0.1, 0.15) is 11.8 Å². The molecule has 0 spiro atoms. The number of rotatable bonds is 2. The average Bonchev–Trinajstić information content (AvgIpc) is 2.20. The predicted octanol–water partition coefficient (Wildman–Crippen LogP) is 1.54. The number of halogens is 2. The number of hydrogen-bond donors (Lipinski definition) is 1. The smallest absolute Gasteiger partial charge is 0.267 e. The largest absolute Gasteiger partial charge is 0.398 e. The maximum atomic E-state index is 12.4. The number of aromatic nitrogens is 1. The molecule has 0 aliphatic heterocycles. The number of hydrogen-bond acceptors (Lipinski definition) is 4. The van der Waals surface area contributed by atoms with Crippen LogP contribution in [-0.4, -0.2) is 4.98 Å². The first kappa shape index (κ1) is 10.9. The highest BCUT2D eigenvalue weighted by Crippen LogP contribution is 2.28. The van der Waals surface area contributed by atoms with Gasteiger partial charge in [0.15, 0.2) is 0 Å². The van der Waals surface area contributed by atoms with Crippen LogP contribution < -0.4 is 5.73 Å². The van der Waals surface area contributed by atoms with E-state index in [1.54, 1.807) is 12.1 Å². The number of nitrogens with zero attached hydrogens (tertiary/aromatic N) is 3. The second-order valence-corrected chi connectivity index (χ2v) is 2.70. The fourth-order valence-electron chi connectivity index (χ4n) is 1.11. The lowest BCUT2D eigenvalue weighted by Gasteiger charge is -2.08. The molecule has 1 heterocycles. The summed E-state index contributed by atoms with van der Waals surface area (Å²) in [7, 11) is 0. The normalized spacial score (nSPS) is 9.67. The van der Waals surface area contributed by atoms with Crippen LogP contribution in [0.3, 0.4) is 0 Å². The summed E-state index contributed by atoms with van der Waals surface area (Å²) in [4.78, 5) is 3.53. The summed E-state index contributed by atoms with van der Waals surface area (Å²) >= 11 is 0. The Hall–Kier alpha value is -2.21. The number of pyridine rings is 1. The summed E-state index contributed by atoms with van der Waals surface area (Å²) in [6.45, 7) is 0. The molecule has 0 saturated carbocycles. The summed E-state index contributed by atoms with van der Waals surface area (Å²) in [5.74, 6) is 0. The van der Waals surface area contributed by atoms with E-state index in [0.717, 1.165) is 6.20 Å². The van der Waals surface area contributed by atoms with E-state index in [1.807, 2.05) is 0 Å². The Balaban J connectivity index is 3.38. The number of anilines is 1. The van der Waals surface area contributed by atoms with E-state index in [4.69, 9.17) is 16.3 Å². The molecule has 15 heavy (non-hydrogen) atoms. The molecule has 76 valence electrons. The van der Waals surface area contributed by atoms with Crippen molar-refractivity contribution in [2.45, 2.75) is 12.8 Å². The minimum Gasteiger partial charge on any atom is -0.398 e. The molecule has 1 aromatic rings. The molecule has 1 aromatic heterocycles. The standard InChI is InChI=1S/C9H6F2N4/c10-9(11)6-4-15-7(3-13)5(1-2-12)8(6)14/h4,9H,1H2,(H2,14,15). The molecule has 1 rings (SSSR count). The average molecular weight is 208 g/mol. The Kier molecular flexibility index (Phi) is 3.14. The molecular formula is C9H6F2N4. The van der Waals surface area contributed by atoms with Crippen molar-refractivity contribution in [3.8, 4) is 12.1 Å². The molecule has 0 fully saturated rings. The fourth-order valence-corrected chi connectivity index (χ4v) is 1.11. The molecule has 4 nitrogen and oxygen atoms in total. The summed E-state index contributed by atoms with van der Waals surface area (Å²) in [5, 5.41) is 17.1. The molecule has 0 bridgehead atoms. The van der Waals surface area contributed by atoms with E-state index in [2.05, 4.69) is 4.98 Å². The first-order valence-electron chi connectivity index (χ1n) is 3.94. The van der Waals surface area contributed by atoms with Crippen LogP contribution in [0.25, 0.3) is 0 Å². The lowest BCUT2D eigenvalue weighted by Crippen LogP contribution is -2.05. The lowest BCUT2D eigenvalue weighted by atomic mass is 10.1. The van der Waals surface area contributed by atoms with Crippen LogP contribution in [-0.2, 0) is 6.42 Å². The van der Waals surface area contributed by atoms with E-state index in [1.165, 1.54) is 0 Å². The molecule has 0 aliphatic carbocycles. The van der Waals surface area contributed by atoms with Crippen LogP contribution in [0.4, 0.5) is 14.5 Å². The van der Waals surface area contributed by atoms with Crippen molar-refractivity contribution in [3.05, 3.63) is 23.0 Å². The highest BCUT2D eigenvalue weighted by Gasteiger charge is 2.17. The quantitative estimate of drug-likeness (QED) is 0.798. The van der Waals surface area contributed by atoms with Crippen molar-refractivity contribution in [3.63, 3.8) is 0 Å². The summed E-state index contributed by atoms with van der Waals surface area (Å²) < 4.78 is 24.8. The van der Waals surface area contributed by atoms with Crippen LogP contribution in [0.15, 0.2) is 6.20 Å². The molecule has 0 aromatic carbocycles. The van der Waals surface area contributed by atoms with Gasteiger partial charge in [0, 0.05) is 17.4 Å². The fraction of sp³-hybridized carbons (Fsp3) is 0.222. The van der Waals surface area contributed by atoms with Crippen LogP contribution >= 0.6 is 0 Å². The summed E-state index contributed by atoms with van der Waals surface area (Å²) in [6, 6.07) is 3.45. The van der Waals surface area contributed by atoms with E-state index >= 15 is 0 Å². The van der Waals surface area contributed by atoms with E-state index in [-0.39, 0.29) is 23.4 Å². The van der Waals surface area contributed by atoms with Crippen molar-refractivity contribution in [2.24, 2.45) is 0 Å². The zero-order chi connectivity index (χ0) is 11.4. The summed E-state index contributed by atoms with van der Waals surface area (Å²) in [5.41, 5.74) is 4.74. The number of alkyl halides is 2. The molecule has 6 heteroatoms. The molecule has 0 aliphatic rings. The second kappa shape index (κ2) is 4.34. The Morgan fingerprint density at radius 1 is 1.47 bits per heavy atom. The first-order valence-corrected chi connectivity index (χ1v) is 3.94. The Morgan fingerprint density at radius 3 is 2.60 bits per heavy atom. The monoisotopic (exact) mass is 208 g/mol. The first-order chi connectivity index (χ1) is 7.11. The topological polar surface area (TPSA) is 86.5 Å². The van der Waals surface area contributed by atoms with Gasteiger partial charge in [-0.3, -0.25) is 0 Å². The SMILES string of the molecule is N#CCc1c(C#N)ncc(C(F)F)c1N. The minimum atomic E-state index is -2.76. The van der Waals surface area contributed by atoms with Gasteiger partial charge in [0.2, 0.25) is 0 Å². The second-order valence-electron chi connectivity index (χ2n) is 2.70. The van der Waals surface area contributed by atoms with Crippen molar-refractivity contribution >= 4 is 5.69 Å². The number of nitriles is 2. The van der Waals surface area contributed by atoms with Crippen molar-refractivity contribution in [1.82, 2.24) is 4.98 Å². The Morgan fingerprint density at radius 2 is 2.13 bits per heavy atom. The maximum Gasteiger partial charge on any atom is 0.267 e. The molecule has 0 atom stereocenters.